The van der Waals surface area contributed by atoms with Crippen molar-refractivity contribution in [3.63, 3.8) is 0 Å². The number of hydrogen-bond acceptors (Lipinski definition) is 6. The molecule has 0 unspecified atom stereocenters. The van der Waals surface area contributed by atoms with Crippen LogP contribution in [0.1, 0.15) is 22.3 Å². The molecule has 0 spiro atoms. The van der Waals surface area contributed by atoms with Gasteiger partial charge in [0.05, 0.1) is 18.5 Å². The van der Waals surface area contributed by atoms with Gasteiger partial charge in [-0.1, -0.05) is 12.1 Å². The summed E-state index contributed by atoms with van der Waals surface area (Å²) in [6, 6.07) is 13.5. The Hall–Kier alpha value is -3.94. The van der Waals surface area contributed by atoms with E-state index in [0.29, 0.717) is 12.3 Å². The zero-order chi connectivity index (χ0) is 22.8. The summed E-state index contributed by atoms with van der Waals surface area (Å²) in [6.45, 7) is 6.31. The number of tetrazole rings is 1. The van der Waals surface area contributed by atoms with Crippen LogP contribution in [0.5, 0.6) is 11.5 Å². The number of benzene rings is 2. The van der Waals surface area contributed by atoms with Crippen molar-refractivity contribution in [3.05, 3.63) is 81.4 Å². The lowest BCUT2D eigenvalue weighted by Gasteiger charge is -2.16. The van der Waals surface area contributed by atoms with Gasteiger partial charge in [-0.15, -0.1) is 0 Å². The van der Waals surface area contributed by atoms with Crippen molar-refractivity contribution in [2.24, 2.45) is 7.05 Å². The van der Waals surface area contributed by atoms with Crippen molar-refractivity contribution in [1.82, 2.24) is 24.8 Å². The summed E-state index contributed by atoms with van der Waals surface area (Å²) >= 11 is 0. The summed E-state index contributed by atoms with van der Waals surface area (Å²) in [7, 11) is 3.21. The van der Waals surface area contributed by atoms with E-state index in [4.69, 9.17) is 9.47 Å². The number of aryl methyl sites for hydroxylation is 4. The fourth-order valence-corrected chi connectivity index (χ4v) is 3.59. The molecule has 0 radical (unpaired) electrons. The lowest BCUT2D eigenvalue weighted by atomic mass is 10.0. The number of nitrogens with zero attached hydrogens (tertiary/aromatic N) is 5. The van der Waals surface area contributed by atoms with Crippen molar-refractivity contribution >= 4 is 0 Å². The minimum Gasteiger partial charge on any atom is -0.497 e. The van der Waals surface area contributed by atoms with Crippen molar-refractivity contribution < 1.29 is 9.47 Å². The molecule has 8 heteroatoms. The quantitative estimate of drug-likeness (QED) is 0.464. The molecule has 0 aliphatic heterocycles. The molecule has 0 saturated carbocycles. The van der Waals surface area contributed by atoms with E-state index in [-0.39, 0.29) is 5.69 Å². The Balaban J connectivity index is 1.65. The van der Waals surface area contributed by atoms with Crippen molar-refractivity contribution in [2.45, 2.75) is 27.4 Å². The highest BCUT2D eigenvalue weighted by atomic mass is 16.5. The van der Waals surface area contributed by atoms with Crippen LogP contribution in [0, 0.1) is 20.8 Å². The summed E-state index contributed by atoms with van der Waals surface area (Å²) in [5.41, 5.74) is 6.14. The van der Waals surface area contributed by atoms with Gasteiger partial charge in [0.2, 0.25) is 0 Å². The SMILES string of the molecule is COc1ccnc(-c2cc(C)c(OCc3c(C)cccc3-n3nnn(C)c3=O)cc2C)c1. The highest BCUT2D eigenvalue weighted by Gasteiger charge is 2.15. The fraction of sp³-hybridized carbons (Fsp3) is 0.250. The van der Waals surface area contributed by atoms with Crippen LogP contribution in [-0.4, -0.2) is 31.9 Å². The standard InChI is InChI=1S/C24H25N5O3/c1-15-7-6-8-22(29-24(30)28(4)26-27-29)20(15)14-32-23-12-16(2)19(11-17(23)3)21-13-18(31-5)9-10-25-21/h6-13H,14H2,1-5H3. The van der Waals surface area contributed by atoms with Crippen LogP contribution < -0.4 is 15.2 Å². The first kappa shape index (κ1) is 21.3. The predicted molar refractivity (Wildman–Crippen MR) is 121 cm³/mol. The molecule has 2 aromatic carbocycles. The largest absolute Gasteiger partial charge is 0.497 e. The van der Waals surface area contributed by atoms with E-state index in [2.05, 4.69) is 21.5 Å². The Morgan fingerprint density at radius 3 is 2.50 bits per heavy atom. The molecule has 0 N–H and O–H groups in total. The lowest BCUT2D eigenvalue weighted by molar-refractivity contribution is 0.302. The van der Waals surface area contributed by atoms with Crippen LogP contribution in [0.2, 0.25) is 0 Å². The third kappa shape index (κ3) is 3.99. The van der Waals surface area contributed by atoms with Crippen LogP contribution in [0.25, 0.3) is 16.9 Å². The van der Waals surface area contributed by atoms with Gasteiger partial charge in [-0.25, -0.2) is 4.79 Å². The molecule has 0 atom stereocenters. The van der Waals surface area contributed by atoms with E-state index < -0.39 is 0 Å². The summed E-state index contributed by atoms with van der Waals surface area (Å²) < 4.78 is 14.0. The Kier molecular flexibility index (Phi) is 5.77. The second-order valence-corrected chi connectivity index (χ2v) is 7.67. The first-order chi connectivity index (χ1) is 15.4. The molecule has 4 rings (SSSR count). The normalized spacial score (nSPS) is 10.9. The second kappa shape index (κ2) is 8.66. The molecule has 2 aromatic heterocycles. The van der Waals surface area contributed by atoms with E-state index in [1.54, 1.807) is 20.4 Å². The highest BCUT2D eigenvalue weighted by Crippen LogP contribution is 2.31. The van der Waals surface area contributed by atoms with Gasteiger partial charge >= 0.3 is 5.69 Å². The first-order valence-corrected chi connectivity index (χ1v) is 10.2. The fourth-order valence-electron chi connectivity index (χ4n) is 3.59. The third-order valence-corrected chi connectivity index (χ3v) is 5.47. The van der Waals surface area contributed by atoms with E-state index in [9.17, 15) is 4.79 Å². The maximum Gasteiger partial charge on any atom is 0.368 e. The molecule has 2 heterocycles. The molecule has 0 fully saturated rings. The monoisotopic (exact) mass is 431 g/mol. The van der Waals surface area contributed by atoms with E-state index >= 15 is 0 Å². The number of hydrogen-bond donors (Lipinski definition) is 0. The van der Waals surface area contributed by atoms with Gasteiger partial charge in [-0.05, 0) is 72.2 Å². The number of aromatic nitrogens is 5. The number of rotatable bonds is 6. The first-order valence-electron chi connectivity index (χ1n) is 10.2. The zero-order valence-electron chi connectivity index (χ0n) is 18.8. The van der Waals surface area contributed by atoms with Gasteiger partial charge in [0.1, 0.15) is 18.1 Å². The minimum atomic E-state index is -0.306. The number of methoxy groups -OCH3 is 1. The smallest absolute Gasteiger partial charge is 0.368 e. The Morgan fingerprint density at radius 2 is 1.78 bits per heavy atom. The van der Waals surface area contributed by atoms with Crippen LogP contribution >= 0.6 is 0 Å². The van der Waals surface area contributed by atoms with Crippen LogP contribution in [-0.2, 0) is 13.7 Å². The molecule has 4 aromatic rings. The molecule has 0 saturated heterocycles. The number of ether oxygens (including phenoxy) is 2. The van der Waals surface area contributed by atoms with Crippen LogP contribution in [0.4, 0.5) is 0 Å². The van der Waals surface area contributed by atoms with Gasteiger partial charge in [-0.3, -0.25) is 4.98 Å². The summed E-state index contributed by atoms with van der Waals surface area (Å²) in [4.78, 5) is 16.9. The predicted octanol–water partition coefficient (Wildman–Crippen LogP) is 3.54. The lowest BCUT2D eigenvalue weighted by Crippen LogP contribution is -2.23. The van der Waals surface area contributed by atoms with Gasteiger partial charge in [0.25, 0.3) is 0 Å². The molecule has 0 bridgehead atoms. The molecule has 0 amide bonds. The molecule has 164 valence electrons. The summed E-state index contributed by atoms with van der Waals surface area (Å²) in [6.07, 6.45) is 1.74. The molecular formula is C24H25N5O3. The molecule has 0 aliphatic carbocycles. The Labute approximate surface area is 186 Å². The van der Waals surface area contributed by atoms with E-state index in [0.717, 1.165) is 45.0 Å². The van der Waals surface area contributed by atoms with Crippen LogP contribution in [0.3, 0.4) is 0 Å². The molecule has 32 heavy (non-hydrogen) atoms. The Morgan fingerprint density at radius 1 is 0.969 bits per heavy atom. The van der Waals surface area contributed by atoms with Crippen LogP contribution in [0.15, 0.2) is 53.5 Å². The highest BCUT2D eigenvalue weighted by molar-refractivity contribution is 5.67. The van der Waals surface area contributed by atoms with Gasteiger partial charge in [0, 0.05) is 30.4 Å². The maximum atomic E-state index is 12.4. The molecule has 0 aliphatic rings. The maximum absolute atomic E-state index is 12.4. The molecule has 8 nitrogen and oxygen atoms in total. The van der Waals surface area contributed by atoms with Crippen molar-refractivity contribution in [1.29, 1.82) is 0 Å². The zero-order valence-corrected chi connectivity index (χ0v) is 18.8. The topological polar surface area (TPSA) is 84.1 Å². The second-order valence-electron chi connectivity index (χ2n) is 7.67. The van der Waals surface area contributed by atoms with Gasteiger partial charge in [-0.2, -0.15) is 9.36 Å². The van der Waals surface area contributed by atoms with E-state index in [1.165, 1.54) is 9.36 Å². The number of pyridine rings is 1. The minimum absolute atomic E-state index is 0.294. The van der Waals surface area contributed by atoms with E-state index in [1.807, 2.05) is 57.2 Å². The average molecular weight is 431 g/mol. The van der Waals surface area contributed by atoms with Crippen molar-refractivity contribution in [3.8, 4) is 28.4 Å². The Bertz CT molecular complexity index is 1340. The average Bonchev–Trinajstić information content (AvgIpc) is 3.12. The third-order valence-electron chi connectivity index (χ3n) is 5.47. The molecular weight excluding hydrogens is 406 g/mol. The summed E-state index contributed by atoms with van der Waals surface area (Å²) in [5, 5.41) is 7.80. The van der Waals surface area contributed by atoms with Crippen molar-refractivity contribution in [2.75, 3.05) is 7.11 Å². The van der Waals surface area contributed by atoms with Gasteiger partial charge in [0.15, 0.2) is 0 Å². The summed E-state index contributed by atoms with van der Waals surface area (Å²) in [5.74, 6) is 1.54. The van der Waals surface area contributed by atoms with Gasteiger partial charge < -0.3 is 9.47 Å².